The molecule has 0 aliphatic carbocycles. The van der Waals surface area contributed by atoms with Gasteiger partial charge in [-0.2, -0.15) is 5.10 Å². The van der Waals surface area contributed by atoms with E-state index in [4.69, 9.17) is 16.1 Å². The van der Waals surface area contributed by atoms with Gasteiger partial charge in [0.2, 0.25) is 0 Å². The summed E-state index contributed by atoms with van der Waals surface area (Å²) in [4.78, 5) is 12.2. The molecule has 7 nitrogen and oxygen atoms in total. The molecule has 35 heavy (non-hydrogen) atoms. The van der Waals surface area contributed by atoms with Gasteiger partial charge >= 0.3 is 5.97 Å². The van der Waals surface area contributed by atoms with Gasteiger partial charge in [-0.3, -0.25) is 5.84 Å². The quantitative estimate of drug-likeness (QED) is 0.123. The molecule has 7 heteroatoms. The SMILES string of the molecule is NN=c1ccc2c(ccc3c(-c4ccccc4C(=O)O)c4ccc5cc(NN)ccc5c4oc32)c1. The standard InChI is InChI=1S/C28H20N4O3/c29-31-17-7-11-19-15(13-17)5-9-23-25(21-3-1-2-4-22(21)28(33)34)24-10-6-16-14-18(32-30)8-12-20(16)27(24)35-26(19)23/h1-14,31H,29-30H2,(H,33,34). The molecule has 0 unspecified atom stereocenters. The summed E-state index contributed by atoms with van der Waals surface area (Å²) in [6.07, 6.45) is 0. The molecule has 0 amide bonds. The Morgan fingerprint density at radius 2 is 1.43 bits per heavy atom. The summed E-state index contributed by atoms with van der Waals surface area (Å²) < 4.78 is 6.62. The number of fused-ring (bicyclic) bond motifs is 6. The number of anilines is 1. The van der Waals surface area contributed by atoms with Crippen LogP contribution in [-0.2, 0) is 0 Å². The first-order valence-corrected chi connectivity index (χ1v) is 11.0. The Hall–Kier alpha value is -4.88. The lowest BCUT2D eigenvalue weighted by Gasteiger charge is -2.16. The molecule has 0 saturated heterocycles. The fourth-order valence-electron chi connectivity index (χ4n) is 4.80. The highest BCUT2D eigenvalue weighted by Gasteiger charge is 2.20. The van der Waals surface area contributed by atoms with Gasteiger partial charge in [0.1, 0.15) is 11.2 Å². The van der Waals surface area contributed by atoms with Gasteiger partial charge in [-0.05, 0) is 70.9 Å². The van der Waals surface area contributed by atoms with Crippen molar-refractivity contribution in [3.05, 3.63) is 95.8 Å². The first kappa shape index (κ1) is 20.7. The van der Waals surface area contributed by atoms with Crippen LogP contribution < -0.4 is 22.5 Å². The second kappa shape index (κ2) is 7.86. The second-order valence-electron chi connectivity index (χ2n) is 8.33. The Balaban J connectivity index is 1.86. The number of nitrogens with two attached hydrogens (primary N) is 2. The molecule has 0 atom stereocenters. The van der Waals surface area contributed by atoms with Crippen molar-refractivity contribution in [2.45, 2.75) is 0 Å². The number of rotatable bonds is 3. The number of aromatic carboxylic acids is 1. The summed E-state index contributed by atoms with van der Waals surface area (Å²) in [5.74, 6) is 10.1. The lowest BCUT2D eigenvalue weighted by molar-refractivity contribution is 0.0697. The van der Waals surface area contributed by atoms with Crippen LogP contribution in [-0.4, -0.2) is 11.1 Å². The largest absolute Gasteiger partial charge is 0.478 e. The summed E-state index contributed by atoms with van der Waals surface area (Å²) in [5, 5.41) is 19.7. The molecule has 0 saturated carbocycles. The van der Waals surface area contributed by atoms with Gasteiger partial charge in [0.15, 0.2) is 0 Å². The van der Waals surface area contributed by atoms with Gasteiger partial charge in [-0.15, -0.1) is 0 Å². The van der Waals surface area contributed by atoms with Gasteiger partial charge in [0.05, 0.1) is 10.9 Å². The summed E-state index contributed by atoms with van der Waals surface area (Å²) in [7, 11) is 0. The molecule has 1 heterocycles. The van der Waals surface area contributed by atoms with E-state index in [1.165, 1.54) is 0 Å². The van der Waals surface area contributed by atoms with Crippen molar-refractivity contribution in [1.82, 2.24) is 0 Å². The molecule has 6 N–H and O–H groups in total. The third-order valence-electron chi connectivity index (χ3n) is 6.41. The van der Waals surface area contributed by atoms with Crippen LogP contribution in [0.4, 0.5) is 5.69 Å². The number of nitrogens with zero attached hydrogens (tertiary/aromatic N) is 1. The second-order valence-corrected chi connectivity index (χ2v) is 8.33. The van der Waals surface area contributed by atoms with Crippen LogP contribution in [0.2, 0.25) is 0 Å². The molecule has 6 rings (SSSR count). The van der Waals surface area contributed by atoms with Crippen molar-refractivity contribution < 1.29 is 14.3 Å². The van der Waals surface area contributed by atoms with Crippen molar-refractivity contribution in [1.29, 1.82) is 0 Å². The zero-order valence-electron chi connectivity index (χ0n) is 18.4. The molecule has 0 spiro atoms. The number of hydrogen-bond acceptors (Lipinski definition) is 6. The molecule has 5 aromatic carbocycles. The van der Waals surface area contributed by atoms with Crippen molar-refractivity contribution in [2.24, 2.45) is 16.8 Å². The van der Waals surface area contributed by atoms with E-state index in [1.54, 1.807) is 12.1 Å². The summed E-state index contributed by atoms with van der Waals surface area (Å²) in [6, 6.07) is 26.3. The fourth-order valence-corrected chi connectivity index (χ4v) is 4.80. The van der Waals surface area contributed by atoms with Crippen LogP contribution in [0.25, 0.3) is 54.6 Å². The minimum atomic E-state index is -0.989. The molecule has 1 aromatic heterocycles. The number of benzene rings is 5. The van der Waals surface area contributed by atoms with Gasteiger partial charge in [0.25, 0.3) is 0 Å². The highest BCUT2D eigenvalue weighted by Crippen LogP contribution is 2.42. The molecule has 0 fully saturated rings. The predicted molar refractivity (Wildman–Crippen MR) is 139 cm³/mol. The normalized spacial score (nSPS) is 12.1. The fraction of sp³-hybridized carbons (Fsp3) is 0. The Morgan fingerprint density at radius 3 is 2.09 bits per heavy atom. The van der Waals surface area contributed by atoms with Crippen LogP contribution in [0.3, 0.4) is 0 Å². The highest BCUT2D eigenvalue weighted by atomic mass is 16.4. The topological polar surface area (TPSA) is 127 Å². The van der Waals surface area contributed by atoms with Gasteiger partial charge in [-0.1, -0.05) is 30.3 Å². The molecule has 170 valence electrons. The summed E-state index contributed by atoms with van der Waals surface area (Å²) in [5.41, 5.74) is 6.41. The monoisotopic (exact) mass is 460 g/mol. The minimum Gasteiger partial charge on any atom is -0.478 e. The van der Waals surface area contributed by atoms with Crippen molar-refractivity contribution in [3.8, 4) is 11.1 Å². The lowest BCUT2D eigenvalue weighted by atomic mass is 9.91. The van der Waals surface area contributed by atoms with E-state index in [0.717, 1.165) is 43.6 Å². The Kier molecular flexibility index (Phi) is 4.65. The van der Waals surface area contributed by atoms with E-state index in [9.17, 15) is 9.90 Å². The van der Waals surface area contributed by atoms with E-state index in [-0.39, 0.29) is 5.56 Å². The number of hydrogen-bond donors (Lipinski definition) is 4. The third-order valence-corrected chi connectivity index (χ3v) is 6.41. The Bertz CT molecular complexity index is 1890. The maximum Gasteiger partial charge on any atom is 0.336 e. The van der Waals surface area contributed by atoms with Crippen LogP contribution >= 0.6 is 0 Å². The average molecular weight is 460 g/mol. The average Bonchev–Trinajstić information content (AvgIpc) is 2.90. The number of hydrazine groups is 1. The summed E-state index contributed by atoms with van der Waals surface area (Å²) >= 11 is 0. The molecule has 0 aliphatic heterocycles. The number of nitrogens with one attached hydrogen (secondary N) is 1. The van der Waals surface area contributed by atoms with Gasteiger partial charge < -0.3 is 20.8 Å². The molecule has 0 bridgehead atoms. The van der Waals surface area contributed by atoms with Crippen LogP contribution in [0.5, 0.6) is 0 Å². The van der Waals surface area contributed by atoms with Crippen LogP contribution in [0.1, 0.15) is 10.4 Å². The van der Waals surface area contributed by atoms with Crippen molar-refractivity contribution in [2.75, 3.05) is 5.43 Å². The van der Waals surface area contributed by atoms with E-state index < -0.39 is 5.97 Å². The molecule has 0 aliphatic rings. The maximum atomic E-state index is 12.2. The lowest BCUT2D eigenvalue weighted by Crippen LogP contribution is -2.06. The zero-order valence-corrected chi connectivity index (χ0v) is 18.4. The Labute approximate surface area is 198 Å². The van der Waals surface area contributed by atoms with Crippen molar-refractivity contribution in [3.63, 3.8) is 0 Å². The van der Waals surface area contributed by atoms with E-state index in [2.05, 4.69) is 10.5 Å². The maximum absolute atomic E-state index is 12.2. The van der Waals surface area contributed by atoms with E-state index >= 15 is 0 Å². The van der Waals surface area contributed by atoms with E-state index in [1.807, 2.05) is 72.8 Å². The molecular formula is C28H20N4O3. The van der Waals surface area contributed by atoms with E-state index in [0.29, 0.717) is 22.1 Å². The Morgan fingerprint density at radius 1 is 0.800 bits per heavy atom. The summed E-state index contributed by atoms with van der Waals surface area (Å²) in [6.45, 7) is 0. The molecular weight excluding hydrogens is 440 g/mol. The van der Waals surface area contributed by atoms with Crippen molar-refractivity contribution >= 4 is 55.1 Å². The van der Waals surface area contributed by atoms with Crippen LogP contribution in [0, 0.1) is 0 Å². The first-order chi connectivity index (χ1) is 17.1. The molecule has 6 aromatic rings. The number of nitrogen functional groups attached to an aromatic ring is 1. The van der Waals surface area contributed by atoms with Gasteiger partial charge in [-0.25, -0.2) is 4.79 Å². The molecule has 0 radical (unpaired) electrons. The number of carboxylic acids is 1. The third kappa shape index (κ3) is 3.18. The number of carbonyl (C=O) groups is 1. The zero-order chi connectivity index (χ0) is 24.1. The first-order valence-electron chi connectivity index (χ1n) is 11.0. The minimum absolute atomic E-state index is 0.224. The number of carboxylic acid groups (broad SMARTS) is 1. The highest BCUT2D eigenvalue weighted by molar-refractivity contribution is 6.20. The van der Waals surface area contributed by atoms with Crippen LogP contribution in [0.15, 0.2) is 94.4 Å². The predicted octanol–water partition coefficient (Wildman–Crippen LogP) is 5.32. The smallest absolute Gasteiger partial charge is 0.336 e. The van der Waals surface area contributed by atoms with Gasteiger partial charge in [0, 0.05) is 32.8 Å².